The van der Waals surface area contributed by atoms with Gasteiger partial charge in [0.05, 0.1) is 5.69 Å². The second-order valence-electron chi connectivity index (χ2n) is 4.07. The van der Waals surface area contributed by atoms with E-state index in [4.69, 9.17) is 0 Å². The van der Waals surface area contributed by atoms with Crippen LogP contribution in [0, 0.1) is 6.92 Å². The van der Waals surface area contributed by atoms with Crippen molar-refractivity contribution < 1.29 is 0 Å². The van der Waals surface area contributed by atoms with Crippen molar-refractivity contribution in [1.82, 2.24) is 14.9 Å². The van der Waals surface area contributed by atoms with Crippen LogP contribution in [0.4, 0.5) is 0 Å². The second kappa shape index (κ2) is 4.49. The van der Waals surface area contributed by atoms with E-state index in [1.807, 2.05) is 14.1 Å². The molecule has 1 aromatic carbocycles. The normalized spacial score (nSPS) is 10.7. The molecule has 0 saturated carbocycles. The summed E-state index contributed by atoms with van der Waals surface area (Å²) in [5.74, 6) is 1.02. The fraction of sp³-hybridized carbons (Fsp3) is 0.308. The Morgan fingerprint density at radius 3 is 2.88 bits per heavy atom. The molecule has 0 aliphatic heterocycles. The maximum atomic E-state index is 4.61. The van der Waals surface area contributed by atoms with Crippen LogP contribution < -0.4 is 5.32 Å². The topological polar surface area (TPSA) is 29.9 Å². The van der Waals surface area contributed by atoms with Gasteiger partial charge in [-0.05, 0) is 20.0 Å². The maximum absolute atomic E-state index is 4.61. The van der Waals surface area contributed by atoms with Crippen molar-refractivity contribution in [3.63, 3.8) is 0 Å². The molecule has 0 radical (unpaired) electrons. The molecule has 0 fully saturated rings. The lowest BCUT2D eigenvalue weighted by molar-refractivity contribution is 0.795. The van der Waals surface area contributed by atoms with Crippen LogP contribution in [-0.2, 0) is 13.6 Å². The van der Waals surface area contributed by atoms with Gasteiger partial charge < -0.3 is 9.88 Å². The van der Waals surface area contributed by atoms with Crippen LogP contribution in [0.1, 0.15) is 11.3 Å². The van der Waals surface area contributed by atoms with Crippen LogP contribution in [0.15, 0.2) is 30.5 Å². The first-order valence-corrected chi connectivity index (χ1v) is 5.44. The van der Waals surface area contributed by atoms with Gasteiger partial charge in [0.1, 0.15) is 5.82 Å². The van der Waals surface area contributed by atoms with E-state index in [9.17, 15) is 0 Å². The number of benzene rings is 1. The molecule has 84 valence electrons. The molecule has 16 heavy (non-hydrogen) atoms. The minimum absolute atomic E-state index is 0.805. The highest BCUT2D eigenvalue weighted by Gasteiger charge is 2.06. The van der Waals surface area contributed by atoms with Gasteiger partial charge in [-0.15, -0.1) is 0 Å². The van der Waals surface area contributed by atoms with E-state index in [0.29, 0.717) is 0 Å². The zero-order valence-electron chi connectivity index (χ0n) is 9.99. The van der Waals surface area contributed by atoms with E-state index in [0.717, 1.165) is 18.1 Å². The molecule has 0 spiro atoms. The summed E-state index contributed by atoms with van der Waals surface area (Å²) >= 11 is 0. The fourth-order valence-electron chi connectivity index (χ4n) is 1.85. The molecule has 0 aliphatic carbocycles. The summed E-state index contributed by atoms with van der Waals surface area (Å²) in [4.78, 5) is 4.61. The van der Waals surface area contributed by atoms with Crippen molar-refractivity contribution >= 4 is 0 Å². The third-order valence-electron chi connectivity index (χ3n) is 2.56. The van der Waals surface area contributed by atoms with Gasteiger partial charge in [0.15, 0.2) is 0 Å². The highest BCUT2D eigenvalue weighted by atomic mass is 15.1. The molecule has 0 bridgehead atoms. The molecule has 2 rings (SSSR count). The number of imidazole rings is 1. The molecule has 0 saturated heterocycles. The first-order valence-electron chi connectivity index (χ1n) is 5.44. The van der Waals surface area contributed by atoms with Gasteiger partial charge in [0, 0.05) is 25.4 Å². The average Bonchev–Trinajstić information content (AvgIpc) is 2.60. The van der Waals surface area contributed by atoms with Crippen molar-refractivity contribution in [2.24, 2.45) is 7.05 Å². The lowest BCUT2D eigenvalue weighted by atomic mass is 10.1. The predicted octanol–water partition coefficient (Wildman–Crippen LogP) is 2.11. The highest BCUT2D eigenvalue weighted by molar-refractivity contribution is 5.57. The number of nitrogens with one attached hydrogen (secondary N) is 1. The Balaban J connectivity index is 2.40. The molecule has 0 unspecified atom stereocenters. The Morgan fingerprint density at radius 2 is 2.19 bits per heavy atom. The van der Waals surface area contributed by atoms with Crippen molar-refractivity contribution in [3.05, 3.63) is 41.7 Å². The molecule has 0 amide bonds. The molecule has 0 atom stereocenters. The molecule has 1 N–H and O–H groups in total. The largest absolute Gasteiger partial charge is 0.334 e. The summed E-state index contributed by atoms with van der Waals surface area (Å²) in [7, 11) is 3.96. The third-order valence-corrected chi connectivity index (χ3v) is 2.56. The summed E-state index contributed by atoms with van der Waals surface area (Å²) in [5, 5.41) is 3.11. The van der Waals surface area contributed by atoms with Gasteiger partial charge in [0.25, 0.3) is 0 Å². The van der Waals surface area contributed by atoms with Gasteiger partial charge in [-0.1, -0.05) is 23.8 Å². The van der Waals surface area contributed by atoms with Crippen LogP contribution in [0.3, 0.4) is 0 Å². The highest BCUT2D eigenvalue weighted by Crippen LogP contribution is 2.19. The smallest absolute Gasteiger partial charge is 0.140 e. The van der Waals surface area contributed by atoms with E-state index >= 15 is 0 Å². The van der Waals surface area contributed by atoms with Crippen molar-refractivity contribution in [2.45, 2.75) is 13.5 Å². The maximum Gasteiger partial charge on any atom is 0.140 e. The van der Waals surface area contributed by atoms with E-state index in [-0.39, 0.29) is 0 Å². The van der Waals surface area contributed by atoms with Crippen molar-refractivity contribution in [2.75, 3.05) is 7.05 Å². The molecular formula is C13H17N3. The summed E-state index contributed by atoms with van der Waals surface area (Å²) in [6, 6.07) is 8.42. The van der Waals surface area contributed by atoms with Crippen molar-refractivity contribution in [3.8, 4) is 11.4 Å². The molecule has 2 aromatic rings. The van der Waals surface area contributed by atoms with Crippen LogP contribution >= 0.6 is 0 Å². The third kappa shape index (κ3) is 2.14. The number of aromatic nitrogens is 2. The molecule has 1 aromatic heterocycles. The second-order valence-corrected chi connectivity index (χ2v) is 4.07. The Kier molecular flexibility index (Phi) is 3.06. The van der Waals surface area contributed by atoms with E-state index in [2.05, 4.69) is 52.3 Å². The van der Waals surface area contributed by atoms with Gasteiger partial charge in [0.2, 0.25) is 0 Å². The first-order chi connectivity index (χ1) is 7.70. The first kappa shape index (κ1) is 10.9. The molecule has 3 nitrogen and oxygen atoms in total. The predicted molar refractivity (Wildman–Crippen MR) is 66.1 cm³/mol. The Bertz CT molecular complexity index is 486. The Morgan fingerprint density at radius 1 is 1.38 bits per heavy atom. The standard InChI is InChI=1S/C13H17N3/c1-10-5-4-6-11(7-10)13-15-12(8-14-2)9-16(13)3/h4-7,9,14H,8H2,1-3H3. The summed E-state index contributed by atoms with van der Waals surface area (Å²) in [6.45, 7) is 2.90. The number of hydrogen-bond donors (Lipinski definition) is 1. The molecule has 3 heteroatoms. The van der Waals surface area contributed by atoms with E-state index < -0.39 is 0 Å². The van der Waals surface area contributed by atoms with E-state index in [1.165, 1.54) is 11.1 Å². The summed E-state index contributed by atoms with van der Waals surface area (Å²) in [5.41, 5.74) is 3.50. The van der Waals surface area contributed by atoms with Gasteiger partial charge in [-0.25, -0.2) is 4.98 Å². The van der Waals surface area contributed by atoms with Crippen LogP contribution in [0.25, 0.3) is 11.4 Å². The minimum atomic E-state index is 0.805. The number of aryl methyl sites for hydroxylation is 2. The van der Waals surface area contributed by atoms with Crippen LogP contribution in [0.5, 0.6) is 0 Å². The van der Waals surface area contributed by atoms with Crippen LogP contribution in [-0.4, -0.2) is 16.6 Å². The monoisotopic (exact) mass is 215 g/mol. The lowest BCUT2D eigenvalue weighted by Gasteiger charge is -2.02. The number of hydrogen-bond acceptors (Lipinski definition) is 2. The zero-order valence-corrected chi connectivity index (χ0v) is 9.99. The van der Waals surface area contributed by atoms with Crippen LogP contribution in [0.2, 0.25) is 0 Å². The van der Waals surface area contributed by atoms with Gasteiger partial charge in [-0.2, -0.15) is 0 Å². The van der Waals surface area contributed by atoms with Gasteiger partial charge in [-0.3, -0.25) is 0 Å². The SMILES string of the molecule is CNCc1cn(C)c(-c2cccc(C)c2)n1. The molecule has 1 heterocycles. The molecular weight excluding hydrogens is 198 g/mol. The van der Waals surface area contributed by atoms with Gasteiger partial charge >= 0.3 is 0 Å². The van der Waals surface area contributed by atoms with Crippen molar-refractivity contribution in [1.29, 1.82) is 0 Å². The summed E-state index contributed by atoms with van der Waals surface area (Å²) in [6.07, 6.45) is 2.06. The Hall–Kier alpha value is -1.61. The number of nitrogens with zero attached hydrogens (tertiary/aromatic N) is 2. The molecule has 0 aliphatic rings. The van der Waals surface area contributed by atoms with E-state index in [1.54, 1.807) is 0 Å². The average molecular weight is 215 g/mol. The Labute approximate surface area is 96.1 Å². The fourth-order valence-corrected chi connectivity index (χ4v) is 1.85. The quantitative estimate of drug-likeness (QED) is 0.850. The number of rotatable bonds is 3. The summed E-state index contributed by atoms with van der Waals surface area (Å²) < 4.78 is 2.07. The minimum Gasteiger partial charge on any atom is -0.334 e. The zero-order chi connectivity index (χ0) is 11.5. The lowest BCUT2D eigenvalue weighted by Crippen LogP contribution is -2.04.